The van der Waals surface area contributed by atoms with Gasteiger partial charge in [0, 0.05) is 22.0 Å². The van der Waals surface area contributed by atoms with E-state index in [9.17, 15) is 0 Å². The highest BCUT2D eigenvalue weighted by molar-refractivity contribution is 6.36. The van der Waals surface area contributed by atoms with Gasteiger partial charge in [0.25, 0.3) is 0 Å². The minimum atomic E-state index is -0.0514. The van der Waals surface area contributed by atoms with Crippen LogP contribution in [0.4, 0.5) is 0 Å². The Morgan fingerprint density at radius 1 is 1.21 bits per heavy atom. The van der Waals surface area contributed by atoms with Gasteiger partial charge in [-0.1, -0.05) is 43.1 Å². The van der Waals surface area contributed by atoms with E-state index in [-0.39, 0.29) is 5.41 Å². The van der Waals surface area contributed by atoms with Crippen molar-refractivity contribution in [1.82, 2.24) is 5.32 Å². The molecule has 0 aliphatic heterocycles. The van der Waals surface area contributed by atoms with Crippen molar-refractivity contribution in [2.45, 2.75) is 19.3 Å². The van der Waals surface area contributed by atoms with Crippen LogP contribution in [0.25, 0.3) is 0 Å². The molecule has 0 radical (unpaired) electrons. The quantitative estimate of drug-likeness (QED) is 0.841. The molecule has 0 saturated heterocycles. The van der Waals surface area contributed by atoms with Gasteiger partial charge in [-0.15, -0.1) is 0 Å². The average molecular weight is 232 g/mol. The van der Waals surface area contributed by atoms with Crippen molar-refractivity contribution >= 4 is 23.2 Å². The largest absolute Gasteiger partial charge is 0.319 e. The number of hydrogen-bond donors (Lipinski definition) is 1. The molecule has 0 bridgehead atoms. The normalized spacial score (nSPS) is 11.8. The SMILES string of the molecule is CNCC(C)(C)c1c(Cl)cccc1Cl. The molecule has 0 aliphatic rings. The Kier molecular flexibility index (Phi) is 3.82. The zero-order valence-corrected chi connectivity index (χ0v) is 10.2. The van der Waals surface area contributed by atoms with E-state index in [0.717, 1.165) is 22.2 Å². The van der Waals surface area contributed by atoms with Crippen LogP contribution in [-0.4, -0.2) is 13.6 Å². The van der Waals surface area contributed by atoms with Crippen molar-refractivity contribution in [2.24, 2.45) is 0 Å². The van der Waals surface area contributed by atoms with E-state index in [4.69, 9.17) is 23.2 Å². The highest BCUT2D eigenvalue weighted by Crippen LogP contribution is 2.34. The second-order valence-electron chi connectivity index (χ2n) is 4.01. The van der Waals surface area contributed by atoms with Gasteiger partial charge in [0.2, 0.25) is 0 Å². The molecule has 0 spiro atoms. The van der Waals surface area contributed by atoms with Crippen molar-refractivity contribution < 1.29 is 0 Å². The second kappa shape index (κ2) is 4.52. The maximum Gasteiger partial charge on any atom is 0.0458 e. The van der Waals surface area contributed by atoms with E-state index in [1.807, 2.05) is 25.2 Å². The summed E-state index contributed by atoms with van der Waals surface area (Å²) in [5, 5.41) is 4.61. The Balaban J connectivity index is 3.17. The van der Waals surface area contributed by atoms with Crippen LogP contribution in [0.15, 0.2) is 18.2 Å². The molecule has 78 valence electrons. The summed E-state index contributed by atoms with van der Waals surface area (Å²) in [6.07, 6.45) is 0. The summed E-state index contributed by atoms with van der Waals surface area (Å²) < 4.78 is 0. The van der Waals surface area contributed by atoms with Gasteiger partial charge < -0.3 is 5.32 Å². The van der Waals surface area contributed by atoms with Crippen molar-refractivity contribution in [1.29, 1.82) is 0 Å². The van der Waals surface area contributed by atoms with E-state index >= 15 is 0 Å². The van der Waals surface area contributed by atoms with Crippen LogP contribution in [-0.2, 0) is 5.41 Å². The van der Waals surface area contributed by atoms with Crippen LogP contribution in [0.3, 0.4) is 0 Å². The highest BCUT2D eigenvalue weighted by atomic mass is 35.5. The van der Waals surface area contributed by atoms with Gasteiger partial charge in [0.15, 0.2) is 0 Å². The summed E-state index contributed by atoms with van der Waals surface area (Å²) in [4.78, 5) is 0. The number of rotatable bonds is 3. The summed E-state index contributed by atoms with van der Waals surface area (Å²) in [6.45, 7) is 5.09. The molecule has 0 fully saturated rings. The van der Waals surface area contributed by atoms with Crippen LogP contribution in [0.5, 0.6) is 0 Å². The topological polar surface area (TPSA) is 12.0 Å². The molecule has 0 heterocycles. The molecule has 0 unspecified atom stereocenters. The Labute approximate surface area is 95.4 Å². The molecule has 3 heteroatoms. The fourth-order valence-corrected chi connectivity index (χ4v) is 2.58. The first-order chi connectivity index (χ1) is 6.49. The lowest BCUT2D eigenvalue weighted by Gasteiger charge is -2.27. The van der Waals surface area contributed by atoms with Crippen LogP contribution in [0.1, 0.15) is 19.4 Å². The number of benzene rings is 1. The van der Waals surface area contributed by atoms with E-state index in [0.29, 0.717) is 0 Å². The van der Waals surface area contributed by atoms with Gasteiger partial charge in [-0.3, -0.25) is 0 Å². The van der Waals surface area contributed by atoms with E-state index in [1.54, 1.807) is 0 Å². The predicted octanol–water partition coefficient (Wildman–Crippen LogP) is 3.49. The number of halogens is 2. The molecule has 0 amide bonds. The van der Waals surface area contributed by atoms with Crippen molar-refractivity contribution in [3.05, 3.63) is 33.8 Å². The third kappa shape index (κ3) is 2.41. The Morgan fingerprint density at radius 2 is 1.71 bits per heavy atom. The fourth-order valence-electron chi connectivity index (χ4n) is 1.67. The van der Waals surface area contributed by atoms with Gasteiger partial charge in [0.1, 0.15) is 0 Å². The van der Waals surface area contributed by atoms with Crippen LogP contribution < -0.4 is 5.32 Å². The summed E-state index contributed by atoms with van der Waals surface area (Å²) in [5.74, 6) is 0. The zero-order chi connectivity index (χ0) is 10.8. The molecular formula is C11H15Cl2N. The monoisotopic (exact) mass is 231 g/mol. The highest BCUT2D eigenvalue weighted by Gasteiger charge is 2.24. The molecule has 1 N–H and O–H groups in total. The third-order valence-electron chi connectivity index (χ3n) is 2.26. The molecule has 1 aromatic carbocycles. The van der Waals surface area contributed by atoms with E-state index < -0.39 is 0 Å². The Morgan fingerprint density at radius 3 is 2.14 bits per heavy atom. The minimum absolute atomic E-state index is 0.0514. The fraction of sp³-hybridized carbons (Fsp3) is 0.455. The number of nitrogens with one attached hydrogen (secondary N) is 1. The molecule has 1 aromatic rings. The molecule has 1 rings (SSSR count). The Bertz CT molecular complexity index is 301. The lowest BCUT2D eigenvalue weighted by molar-refractivity contribution is 0.494. The third-order valence-corrected chi connectivity index (χ3v) is 2.89. The predicted molar refractivity (Wildman–Crippen MR) is 63.4 cm³/mol. The summed E-state index contributed by atoms with van der Waals surface area (Å²) in [7, 11) is 1.92. The standard InChI is InChI=1S/C11H15Cl2N/c1-11(2,7-14-3)10-8(12)5-4-6-9(10)13/h4-6,14H,7H2,1-3H3. The summed E-state index contributed by atoms with van der Waals surface area (Å²) in [6, 6.07) is 5.62. The second-order valence-corrected chi connectivity index (χ2v) is 4.83. The molecule has 1 nitrogen and oxygen atoms in total. The first-order valence-corrected chi connectivity index (χ1v) is 5.34. The average Bonchev–Trinajstić information content (AvgIpc) is 2.02. The minimum Gasteiger partial charge on any atom is -0.319 e. The van der Waals surface area contributed by atoms with Gasteiger partial charge >= 0.3 is 0 Å². The maximum absolute atomic E-state index is 6.14. The number of likely N-dealkylation sites (N-methyl/N-ethyl adjacent to an activating group) is 1. The van der Waals surface area contributed by atoms with Crippen molar-refractivity contribution in [2.75, 3.05) is 13.6 Å². The van der Waals surface area contributed by atoms with E-state index in [1.165, 1.54) is 0 Å². The summed E-state index contributed by atoms with van der Waals surface area (Å²) in [5.41, 5.74) is 0.960. The Hall–Kier alpha value is -0.240. The zero-order valence-electron chi connectivity index (χ0n) is 8.70. The van der Waals surface area contributed by atoms with Crippen LogP contribution in [0.2, 0.25) is 10.0 Å². The van der Waals surface area contributed by atoms with E-state index in [2.05, 4.69) is 19.2 Å². The van der Waals surface area contributed by atoms with Gasteiger partial charge in [-0.25, -0.2) is 0 Å². The van der Waals surface area contributed by atoms with Gasteiger partial charge in [-0.2, -0.15) is 0 Å². The maximum atomic E-state index is 6.14. The van der Waals surface area contributed by atoms with Crippen molar-refractivity contribution in [3.63, 3.8) is 0 Å². The molecule has 0 atom stereocenters. The molecule has 0 aliphatic carbocycles. The first kappa shape index (κ1) is 11.8. The van der Waals surface area contributed by atoms with Crippen LogP contribution in [0, 0.1) is 0 Å². The first-order valence-electron chi connectivity index (χ1n) is 4.58. The lowest BCUT2D eigenvalue weighted by Crippen LogP contribution is -2.31. The van der Waals surface area contributed by atoms with Gasteiger partial charge in [0.05, 0.1) is 0 Å². The molecule has 0 aromatic heterocycles. The summed E-state index contributed by atoms with van der Waals surface area (Å²) >= 11 is 12.3. The molecular weight excluding hydrogens is 217 g/mol. The molecule has 0 saturated carbocycles. The molecule has 14 heavy (non-hydrogen) atoms. The van der Waals surface area contributed by atoms with Crippen LogP contribution >= 0.6 is 23.2 Å². The number of hydrogen-bond acceptors (Lipinski definition) is 1. The lowest BCUT2D eigenvalue weighted by atomic mass is 9.84. The smallest absolute Gasteiger partial charge is 0.0458 e. The van der Waals surface area contributed by atoms with Gasteiger partial charge in [-0.05, 0) is 24.7 Å². The van der Waals surface area contributed by atoms with Crippen molar-refractivity contribution in [3.8, 4) is 0 Å².